The number of aliphatic carboxylic acids is 1. The second-order valence-electron chi connectivity index (χ2n) is 7.77. The maximum Gasteiger partial charge on any atom is 0.326 e. The van der Waals surface area contributed by atoms with Crippen molar-refractivity contribution in [2.24, 2.45) is 23.1 Å². The fourth-order valence-corrected chi connectivity index (χ4v) is 2.66. The minimum absolute atomic E-state index is 0.179. The Balaban J connectivity index is 5.31. The fraction of sp³-hybridized carbons (Fsp3) is 0.737. The van der Waals surface area contributed by atoms with E-state index in [0.717, 1.165) is 0 Å². The molecule has 0 aliphatic carbocycles. The van der Waals surface area contributed by atoms with Crippen LogP contribution in [0.1, 0.15) is 52.9 Å². The first-order chi connectivity index (χ1) is 14.4. The molecule has 0 radical (unpaired) electrons. The average molecular weight is 445 g/mol. The Hall–Kier alpha value is -2.73. The molecule has 178 valence electrons. The number of hydrogen-bond acceptors (Lipinski definition) is 7. The van der Waals surface area contributed by atoms with Crippen molar-refractivity contribution < 1.29 is 29.1 Å². The van der Waals surface area contributed by atoms with Gasteiger partial charge in [0.05, 0.1) is 6.04 Å². The van der Waals surface area contributed by atoms with Gasteiger partial charge >= 0.3 is 5.97 Å². The van der Waals surface area contributed by atoms with Gasteiger partial charge in [-0.3, -0.25) is 19.2 Å². The van der Waals surface area contributed by atoms with Crippen LogP contribution in [0.5, 0.6) is 0 Å². The largest absolute Gasteiger partial charge is 0.480 e. The topological polar surface area (TPSA) is 220 Å². The minimum Gasteiger partial charge on any atom is -0.480 e. The molecule has 4 atom stereocenters. The highest BCUT2D eigenvalue weighted by Crippen LogP contribution is 2.08. The van der Waals surface area contributed by atoms with Gasteiger partial charge in [0.2, 0.25) is 23.6 Å². The Bertz CT molecular complexity index is 639. The highest BCUT2D eigenvalue weighted by Gasteiger charge is 2.31. The lowest BCUT2D eigenvalue weighted by Gasteiger charge is -2.27. The highest BCUT2D eigenvalue weighted by atomic mass is 16.4. The van der Waals surface area contributed by atoms with Crippen LogP contribution >= 0.6 is 0 Å². The van der Waals surface area contributed by atoms with Crippen molar-refractivity contribution in [1.29, 1.82) is 0 Å². The summed E-state index contributed by atoms with van der Waals surface area (Å²) >= 11 is 0. The number of unbranched alkanes of at least 4 members (excludes halogenated alkanes) is 1. The van der Waals surface area contributed by atoms with E-state index in [9.17, 15) is 29.1 Å². The molecule has 0 rings (SSSR count). The summed E-state index contributed by atoms with van der Waals surface area (Å²) in [5.74, 6) is -4.24. The highest BCUT2D eigenvalue weighted by molar-refractivity contribution is 5.94. The number of hydrogen-bond donors (Lipinski definition) is 7. The first-order valence-electron chi connectivity index (χ1n) is 10.3. The summed E-state index contributed by atoms with van der Waals surface area (Å²) in [5, 5.41) is 16.7. The van der Waals surface area contributed by atoms with Crippen molar-refractivity contribution in [3.63, 3.8) is 0 Å². The van der Waals surface area contributed by atoms with Crippen molar-refractivity contribution in [3.8, 4) is 0 Å². The Morgan fingerprint density at radius 3 is 1.87 bits per heavy atom. The van der Waals surface area contributed by atoms with E-state index in [1.165, 1.54) is 6.92 Å². The molecule has 4 amide bonds. The van der Waals surface area contributed by atoms with Gasteiger partial charge in [0, 0.05) is 6.42 Å². The summed E-state index contributed by atoms with van der Waals surface area (Å²) in [7, 11) is 0. The lowest BCUT2D eigenvalue weighted by molar-refractivity contribution is -0.143. The molecule has 0 saturated carbocycles. The maximum atomic E-state index is 12.8. The predicted molar refractivity (Wildman–Crippen MR) is 113 cm³/mol. The van der Waals surface area contributed by atoms with Crippen molar-refractivity contribution in [1.82, 2.24) is 16.0 Å². The number of amides is 4. The van der Waals surface area contributed by atoms with Crippen LogP contribution in [0.15, 0.2) is 0 Å². The molecule has 0 bridgehead atoms. The number of carboxylic acids is 1. The zero-order valence-electron chi connectivity index (χ0n) is 18.3. The molecule has 0 saturated heterocycles. The number of nitrogens with one attached hydrogen (secondary N) is 3. The third-order valence-corrected chi connectivity index (χ3v) is 4.53. The number of primary amides is 1. The van der Waals surface area contributed by atoms with Crippen LogP contribution < -0.4 is 33.2 Å². The van der Waals surface area contributed by atoms with Gasteiger partial charge in [-0.15, -0.1) is 0 Å². The van der Waals surface area contributed by atoms with E-state index in [2.05, 4.69) is 16.0 Å². The zero-order chi connectivity index (χ0) is 24.1. The maximum absolute atomic E-state index is 12.8. The van der Waals surface area contributed by atoms with Gasteiger partial charge in [0.25, 0.3) is 0 Å². The van der Waals surface area contributed by atoms with Crippen molar-refractivity contribution >= 4 is 29.6 Å². The molecule has 10 N–H and O–H groups in total. The van der Waals surface area contributed by atoms with E-state index < -0.39 is 53.8 Å². The molecule has 12 heteroatoms. The number of carbonyl (C=O) groups excluding carboxylic acids is 4. The summed E-state index contributed by atoms with van der Waals surface area (Å²) in [4.78, 5) is 59.7. The van der Waals surface area contributed by atoms with Gasteiger partial charge < -0.3 is 38.3 Å². The monoisotopic (exact) mass is 444 g/mol. The van der Waals surface area contributed by atoms with E-state index in [1.807, 2.05) is 0 Å². The Morgan fingerprint density at radius 2 is 1.42 bits per heavy atom. The van der Waals surface area contributed by atoms with Crippen LogP contribution in [0.3, 0.4) is 0 Å². The van der Waals surface area contributed by atoms with E-state index >= 15 is 0 Å². The molecule has 0 spiro atoms. The normalized spacial score (nSPS) is 14.8. The van der Waals surface area contributed by atoms with Crippen molar-refractivity contribution in [2.45, 2.75) is 77.0 Å². The van der Waals surface area contributed by atoms with E-state index in [4.69, 9.17) is 17.2 Å². The number of nitrogens with two attached hydrogens (primary N) is 3. The first-order valence-corrected chi connectivity index (χ1v) is 10.3. The van der Waals surface area contributed by atoms with E-state index in [1.54, 1.807) is 13.8 Å². The lowest BCUT2D eigenvalue weighted by Crippen LogP contribution is -2.58. The molecule has 0 aliphatic heterocycles. The lowest BCUT2D eigenvalue weighted by atomic mass is 10.0. The van der Waals surface area contributed by atoms with Crippen LogP contribution in [0, 0.1) is 5.92 Å². The predicted octanol–water partition coefficient (Wildman–Crippen LogP) is -2.08. The van der Waals surface area contributed by atoms with Gasteiger partial charge in [0.15, 0.2) is 0 Å². The summed E-state index contributed by atoms with van der Waals surface area (Å²) in [6, 6.07) is -4.15. The zero-order valence-corrected chi connectivity index (χ0v) is 18.3. The number of rotatable bonds is 15. The molecule has 12 nitrogen and oxygen atoms in total. The molecule has 0 heterocycles. The Kier molecular flexibility index (Phi) is 13.0. The standard InChI is InChI=1S/C19H36N6O6/c1-10(2)15(18(29)24-13(19(30)31)7-8-14(22)26)25-17(28)12(6-4-5-9-20)23-16(27)11(3)21/h10-13,15H,4-9,20-21H2,1-3H3,(H2,22,26)(H,23,27)(H,24,29)(H,25,28)(H,30,31). The molecule has 4 unspecified atom stereocenters. The van der Waals surface area contributed by atoms with Crippen LogP contribution in [0.25, 0.3) is 0 Å². The smallest absolute Gasteiger partial charge is 0.326 e. The summed E-state index contributed by atoms with van der Waals surface area (Å²) in [6.07, 6.45) is 1.11. The summed E-state index contributed by atoms with van der Waals surface area (Å²) in [6.45, 7) is 5.25. The molecule has 0 fully saturated rings. The van der Waals surface area contributed by atoms with Gasteiger partial charge in [-0.1, -0.05) is 13.8 Å². The second kappa shape index (κ2) is 14.3. The van der Waals surface area contributed by atoms with Crippen LogP contribution in [-0.2, 0) is 24.0 Å². The fourth-order valence-electron chi connectivity index (χ4n) is 2.66. The molecule has 0 aliphatic rings. The molecule has 31 heavy (non-hydrogen) atoms. The van der Waals surface area contributed by atoms with Crippen LogP contribution in [0.2, 0.25) is 0 Å². The first kappa shape index (κ1) is 28.3. The molecule has 0 aromatic heterocycles. The Morgan fingerprint density at radius 1 is 0.839 bits per heavy atom. The third kappa shape index (κ3) is 11.3. The van der Waals surface area contributed by atoms with Gasteiger partial charge in [-0.2, -0.15) is 0 Å². The third-order valence-electron chi connectivity index (χ3n) is 4.53. The van der Waals surface area contributed by atoms with Gasteiger partial charge in [-0.05, 0) is 45.1 Å². The Labute approximate surface area is 182 Å². The minimum atomic E-state index is -1.34. The SMILES string of the molecule is CC(N)C(=O)NC(CCCCN)C(=O)NC(C(=O)NC(CCC(N)=O)C(=O)O)C(C)C. The molecular weight excluding hydrogens is 408 g/mol. The van der Waals surface area contributed by atoms with Gasteiger partial charge in [-0.25, -0.2) is 4.79 Å². The van der Waals surface area contributed by atoms with Crippen molar-refractivity contribution in [3.05, 3.63) is 0 Å². The number of carbonyl (C=O) groups is 5. The quantitative estimate of drug-likeness (QED) is 0.139. The summed E-state index contributed by atoms with van der Waals surface area (Å²) in [5.41, 5.74) is 16.1. The second-order valence-corrected chi connectivity index (χ2v) is 7.77. The van der Waals surface area contributed by atoms with E-state index in [-0.39, 0.29) is 18.8 Å². The van der Waals surface area contributed by atoms with Crippen molar-refractivity contribution in [2.75, 3.05) is 6.54 Å². The average Bonchev–Trinajstić information content (AvgIpc) is 2.67. The van der Waals surface area contributed by atoms with E-state index in [0.29, 0.717) is 25.8 Å². The molecule has 0 aromatic carbocycles. The number of carboxylic acid groups (broad SMARTS) is 1. The van der Waals surface area contributed by atoms with Crippen LogP contribution in [0.4, 0.5) is 0 Å². The van der Waals surface area contributed by atoms with Gasteiger partial charge in [0.1, 0.15) is 18.1 Å². The van der Waals surface area contributed by atoms with Crippen LogP contribution in [-0.4, -0.2) is 65.4 Å². The molecule has 0 aromatic rings. The molecular formula is C19H36N6O6. The summed E-state index contributed by atoms with van der Waals surface area (Å²) < 4.78 is 0.